The fourth-order valence-corrected chi connectivity index (χ4v) is 2.58. The molecule has 2 aromatic heterocycles. The van der Waals surface area contributed by atoms with Crippen LogP contribution in [0.25, 0.3) is 0 Å². The Balaban J connectivity index is 2.57. The van der Waals surface area contributed by atoms with Crippen molar-refractivity contribution in [1.29, 1.82) is 0 Å². The zero-order chi connectivity index (χ0) is 14.2. The van der Waals surface area contributed by atoms with Crippen LogP contribution in [0.15, 0.2) is 21.0 Å². The van der Waals surface area contributed by atoms with Crippen molar-refractivity contribution in [2.24, 2.45) is 0 Å². The Hall–Kier alpha value is -2.15. The van der Waals surface area contributed by atoms with Crippen LogP contribution in [-0.2, 0) is 6.54 Å². The molecule has 19 heavy (non-hydrogen) atoms. The highest BCUT2D eigenvalue weighted by atomic mass is 32.1. The lowest BCUT2D eigenvalue weighted by molar-refractivity contribution is 0.0694. The maximum absolute atomic E-state index is 11.9. The molecule has 2 N–H and O–H groups in total. The van der Waals surface area contributed by atoms with Crippen LogP contribution in [0.2, 0.25) is 0 Å². The van der Waals surface area contributed by atoms with E-state index in [0.29, 0.717) is 17.0 Å². The van der Waals surface area contributed by atoms with E-state index in [-0.39, 0.29) is 22.5 Å². The molecule has 0 amide bonds. The van der Waals surface area contributed by atoms with E-state index in [0.717, 1.165) is 11.3 Å². The SMILES string of the molecule is Cc1cc(=O)n(Cc2csc(=O)[nH]2)c(C)c1C(=O)O. The molecule has 0 aliphatic carbocycles. The standard InChI is InChI=1S/C12H12N2O4S/c1-6-3-9(15)14(7(2)10(6)11(16)17)4-8-5-19-12(18)13-8/h3,5H,4H2,1-2H3,(H,13,18)(H,16,17). The molecule has 0 atom stereocenters. The van der Waals surface area contributed by atoms with Gasteiger partial charge in [0.05, 0.1) is 12.1 Å². The van der Waals surface area contributed by atoms with E-state index in [1.807, 2.05) is 0 Å². The van der Waals surface area contributed by atoms with Crippen LogP contribution in [-0.4, -0.2) is 20.6 Å². The van der Waals surface area contributed by atoms with E-state index >= 15 is 0 Å². The molecule has 0 radical (unpaired) electrons. The average molecular weight is 280 g/mol. The smallest absolute Gasteiger partial charge is 0.337 e. The molecule has 100 valence electrons. The number of rotatable bonds is 3. The highest BCUT2D eigenvalue weighted by molar-refractivity contribution is 7.07. The second-order valence-electron chi connectivity index (χ2n) is 4.19. The Bertz CT molecular complexity index is 754. The molecule has 2 aromatic rings. The van der Waals surface area contributed by atoms with Crippen LogP contribution < -0.4 is 10.4 Å². The Kier molecular flexibility index (Phi) is 3.39. The van der Waals surface area contributed by atoms with Crippen LogP contribution in [0.1, 0.15) is 27.3 Å². The molecule has 0 saturated carbocycles. The summed E-state index contributed by atoms with van der Waals surface area (Å²) < 4.78 is 1.34. The van der Waals surface area contributed by atoms with E-state index in [9.17, 15) is 14.4 Å². The molecule has 7 heteroatoms. The van der Waals surface area contributed by atoms with Gasteiger partial charge in [0, 0.05) is 22.8 Å². The summed E-state index contributed by atoms with van der Waals surface area (Å²) in [4.78, 5) is 36.6. The maximum Gasteiger partial charge on any atom is 0.337 e. The number of hydrogen-bond acceptors (Lipinski definition) is 4. The first kappa shape index (κ1) is 13.3. The molecule has 6 nitrogen and oxygen atoms in total. The van der Waals surface area contributed by atoms with Crippen molar-refractivity contribution in [3.05, 3.63) is 54.0 Å². The summed E-state index contributed by atoms with van der Waals surface area (Å²) in [6.07, 6.45) is 0. The van der Waals surface area contributed by atoms with Crippen molar-refractivity contribution in [1.82, 2.24) is 9.55 Å². The number of hydrogen-bond donors (Lipinski definition) is 2. The van der Waals surface area contributed by atoms with Gasteiger partial charge >= 0.3 is 10.8 Å². The zero-order valence-corrected chi connectivity index (χ0v) is 11.2. The van der Waals surface area contributed by atoms with Crippen molar-refractivity contribution in [3.63, 3.8) is 0 Å². The van der Waals surface area contributed by atoms with E-state index in [4.69, 9.17) is 5.11 Å². The summed E-state index contributed by atoms with van der Waals surface area (Å²) in [7, 11) is 0. The normalized spacial score (nSPS) is 10.6. The first-order valence-corrected chi connectivity index (χ1v) is 6.39. The number of aromatic nitrogens is 2. The summed E-state index contributed by atoms with van der Waals surface area (Å²) in [6.45, 7) is 3.33. The van der Waals surface area contributed by atoms with Gasteiger partial charge in [0.15, 0.2) is 0 Å². The Morgan fingerprint density at radius 2 is 2.11 bits per heavy atom. The highest BCUT2D eigenvalue weighted by Crippen LogP contribution is 2.12. The third-order valence-corrected chi connectivity index (χ3v) is 3.60. The van der Waals surface area contributed by atoms with Gasteiger partial charge in [0.2, 0.25) is 0 Å². The van der Waals surface area contributed by atoms with Crippen LogP contribution in [0.3, 0.4) is 0 Å². The van der Waals surface area contributed by atoms with Crippen molar-refractivity contribution >= 4 is 17.3 Å². The lowest BCUT2D eigenvalue weighted by Crippen LogP contribution is -2.26. The highest BCUT2D eigenvalue weighted by Gasteiger charge is 2.16. The lowest BCUT2D eigenvalue weighted by atomic mass is 10.1. The largest absolute Gasteiger partial charge is 0.478 e. The van der Waals surface area contributed by atoms with Gasteiger partial charge in [-0.15, -0.1) is 0 Å². The number of thiazole rings is 1. The fourth-order valence-electron chi connectivity index (χ4n) is 2.00. The third-order valence-electron chi connectivity index (χ3n) is 2.88. The summed E-state index contributed by atoms with van der Waals surface area (Å²) in [6, 6.07) is 1.29. The minimum absolute atomic E-state index is 0.122. The van der Waals surface area contributed by atoms with Gasteiger partial charge in [0.25, 0.3) is 5.56 Å². The molecule has 0 aliphatic rings. The number of nitrogens with one attached hydrogen (secondary N) is 1. The number of aromatic carboxylic acids is 1. The minimum Gasteiger partial charge on any atom is -0.478 e. The van der Waals surface area contributed by atoms with Crippen molar-refractivity contribution in [2.75, 3.05) is 0 Å². The molecule has 0 spiro atoms. The molecule has 0 aliphatic heterocycles. The topological polar surface area (TPSA) is 92.2 Å². The Morgan fingerprint density at radius 3 is 2.63 bits per heavy atom. The van der Waals surface area contributed by atoms with E-state index in [2.05, 4.69) is 4.98 Å². The predicted molar refractivity (Wildman–Crippen MR) is 71.2 cm³/mol. The second kappa shape index (κ2) is 4.85. The molecule has 2 heterocycles. The Morgan fingerprint density at radius 1 is 1.42 bits per heavy atom. The van der Waals surface area contributed by atoms with Gasteiger partial charge in [-0.1, -0.05) is 11.3 Å². The van der Waals surface area contributed by atoms with Crippen LogP contribution in [0.4, 0.5) is 0 Å². The number of aryl methyl sites for hydroxylation is 1. The summed E-state index contributed by atoms with van der Waals surface area (Å²) in [5, 5.41) is 10.8. The Labute approximate surface area is 112 Å². The van der Waals surface area contributed by atoms with Gasteiger partial charge in [-0.2, -0.15) is 0 Å². The predicted octanol–water partition coefficient (Wildman–Crippen LogP) is 0.961. The molecular weight excluding hydrogens is 268 g/mol. The third kappa shape index (κ3) is 2.50. The van der Waals surface area contributed by atoms with E-state index in [1.165, 1.54) is 10.6 Å². The van der Waals surface area contributed by atoms with Gasteiger partial charge in [-0.3, -0.25) is 9.59 Å². The van der Waals surface area contributed by atoms with Gasteiger partial charge in [0.1, 0.15) is 0 Å². The number of nitrogens with zero attached hydrogens (tertiary/aromatic N) is 1. The summed E-state index contributed by atoms with van der Waals surface area (Å²) >= 11 is 1.01. The quantitative estimate of drug-likeness (QED) is 0.876. The summed E-state index contributed by atoms with van der Waals surface area (Å²) in [5.74, 6) is -1.07. The number of aromatic amines is 1. The van der Waals surface area contributed by atoms with Gasteiger partial charge in [-0.05, 0) is 19.4 Å². The van der Waals surface area contributed by atoms with Gasteiger partial charge < -0.3 is 14.7 Å². The summed E-state index contributed by atoms with van der Waals surface area (Å²) in [5.41, 5.74) is 1.24. The molecule has 0 bridgehead atoms. The number of carboxylic acid groups (broad SMARTS) is 1. The zero-order valence-electron chi connectivity index (χ0n) is 10.4. The second-order valence-corrected chi connectivity index (χ2v) is 5.03. The monoisotopic (exact) mass is 280 g/mol. The maximum atomic E-state index is 11.9. The van der Waals surface area contributed by atoms with Crippen molar-refractivity contribution < 1.29 is 9.90 Å². The molecule has 0 saturated heterocycles. The molecule has 2 rings (SSSR count). The number of pyridine rings is 1. The number of carboxylic acids is 1. The molecule has 0 aromatic carbocycles. The van der Waals surface area contributed by atoms with E-state index in [1.54, 1.807) is 19.2 Å². The van der Waals surface area contributed by atoms with Crippen molar-refractivity contribution in [3.8, 4) is 0 Å². The van der Waals surface area contributed by atoms with Gasteiger partial charge in [-0.25, -0.2) is 4.79 Å². The van der Waals surface area contributed by atoms with Crippen LogP contribution >= 0.6 is 11.3 Å². The van der Waals surface area contributed by atoms with E-state index < -0.39 is 5.97 Å². The van der Waals surface area contributed by atoms with Crippen LogP contribution in [0.5, 0.6) is 0 Å². The molecule has 0 unspecified atom stereocenters. The minimum atomic E-state index is -1.07. The molecule has 0 fully saturated rings. The van der Waals surface area contributed by atoms with Crippen molar-refractivity contribution in [2.45, 2.75) is 20.4 Å². The first-order chi connectivity index (χ1) is 8.90. The first-order valence-electron chi connectivity index (χ1n) is 5.51. The lowest BCUT2D eigenvalue weighted by Gasteiger charge is -2.13. The molecular formula is C12H12N2O4S. The number of H-pyrrole nitrogens is 1. The average Bonchev–Trinajstić information content (AvgIpc) is 2.69. The van der Waals surface area contributed by atoms with Crippen LogP contribution in [0, 0.1) is 13.8 Å². The number of carbonyl (C=O) groups is 1. The fraction of sp³-hybridized carbons (Fsp3) is 0.250.